The van der Waals surface area contributed by atoms with E-state index in [-0.39, 0.29) is 0 Å². The highest BCUT2D eigenvalue weighted by atomic mass is 35.5. The molecule has 2 N–H and O–H groups in total. The average Bonchev–Trinajstić information content (AvgIpc) is 2.18. The highest BCUT2D eigenvalue weighted by Crippen LogP contribution is 2.30. The number of benzene rings is 1. The SMILES string of the molecule is COCCCN(C)c1c(N)cccc1Cl. The molecule has 0 spiro atoms. The van der Waals surface area contributed by atoms with Crippen molar-refractivity contribution in [3.8, 4) is 0 Å². The molecule has 0 saturated carbocycles. The summed E-state index contributed by atoms with van der Waals surface area (Å²) >= 11 is 6.08. The quantitative estimate of drug-likeness (QED) is 0.621. The van der Waals surface area contributed by atoms with Crippen molar-refractivity contribution in [2.45, 2.75) is 6.42 Å². The smallest absolute Gasteiger partial charge is 0.0786 e. The van der Waals surface area contributed by atoms with Crippen LogP contribution in [0.5, 0.6) is 0 Å². The monoisotopic (exact) mass is 228 g/mol. The fourth-order valence-electron chi connectivity index (χ4n) is 1.49. The molecule has 0 bridgehead atoms. The lowest BCUT2D eigenvalue weighted by molar-refractivity contribution is 0.196. The summed E-state index contributed by atoms with van der Waals surface area (Å²) in [6, 6.07) is 5.55. The van der Waals surface area contributed by atoms with Gasteiger partial charge in [-0.05, 0) is 18.6 Å². The predicted molar refractivity (Wildman–Crippen MR) is 65.6 cm³/mol. The highest BCUT2D eigenvalue weighted by molar-refractivity contribution is 6.33. The zero-order valence-electron chi connectivity index (χ0n) is 9.16. The molecule has 0 aromatic heterocycles. The Kier molecular flexibility index (Phi) is 4.72. The van der Waals surface area contributed by atoms with Crippen molar-refractivity contribution in [3.63, 3.8) is 0 Å². The van der Waals surface area contributed by atoms with Crippen LogP contribution in [0.2, 0.25) is 5.02 Å². The van der Waals surface area contributed by atoms with Gasteiger partial charge in [0.1, 0.15) is 0 Å². The van der Waals surface area contributed by atoms with Crippen molar-refractivity contribution >= 4 is 23.0 Å². The fourth-order valence-corrected chi connectivity index (χ4v) is 1.82. The molecule has 0 saturated heterocycles. The van der Waals surface area contributed by atoms with Gasteiger partial charge in [-0.15, -0.1) is 0 Å². The molecule has 0 radical (unpaired) electrons. The van der Waals surface area contributed by atoms with Gasteiger partial charge in [-0.1, -0.05) is 17.7 Å². The topological polar surface area (TPSA) is 38.5 Å². The van der Waals surface area contributed by atoms with Crippen molar-refractivity contribution in [2.75, 3.05) is 37.9 Å². The Hall–Kier alpha value is -0.930. The molecule has 1 rings (SSSR count). The molecule has 0 aliphatic heterocycles. The van der Waals surface area contributed by atoms with Gasteiger partial charge in [0.05, 0.1) is 16.4 Å². The summed E-state index contributed by atoms with van der Waals surface area (Å²) in [6.07, 6.45) is 0.956. The van der Waals surface area contributed by atoms with E-state index in [1.165, 1.54) is 0 Å². The van der Waals surface area contributed by atoms with Crippen LogP contribution in [0.25, 0.3) is 0 Å². The molecule has 0 aliphatic rings. The molecular formula is C11H17ClN2O. The van der Waals surface area contributed by atoms with Crippen LogP contribution in [0.15, 0.2) is 18.2 Å². The number of anilines is 2. The van der Waals surface area contributed by atoms with Crippen LogP contribution in [0.3, 0.4) is 0 Å². The number of para-hydroxylation sites is 1. The van der Waals surface area contributed by atoms with E-state index in [0.717, 1.165) is 25.3 Å². The lowest BCUT2D eigenvalue weighted by atomic mass is 10.2. The van der Waals surface area contributed by atoms with E-state index in [0.29, 0.717) is 10.7 Å². The van der Waals surface area contributed by atoms with Crippen LogP contribution < -0.4 is 10.6 Å². The van der Waals surface area contributed by atoms with Crippen LogP contribution in [0.1, 0.15) is 6.42 Å². The maximum atomic E-state index is 6.08. The van der Waals surface area contributed by atoms with Gasteiger partial charge in [-0.25, -0.2) is 0 Å². The van der Waals surface area contributed by atoms with Gasteiger partial charge in [0.2, 0.25) is 0 Å². The van der Waals surface area contributed by atoms with E-state index in [2.05, 4.69) is 4.90 Å². The number of nitrogen functional groups attached to an aromatic ring is 1. The second-order valence-electron chi connectivity index (χ2n) is 3.45. The summed E-state index contributed by atoms with van der Waals surface area (Å²) in [5.41, 5.74) is 7.48. The van der Waals surface area contributed by atoms with Crippen molar-refractivity contribution < 1.29 is 4.74 Å². The molecule has 84 valence electrons. The third kappa shape index (κ3) is 3.29. The minimum atomic E-state index is 0.690. The van der Waals surface area contributed by atoms with E-state index < -0.39 is 0 Å². The number of hydrogen-bond donors (Lipinski definition) is 1. The van der Waals surface area contributed by atoms with E-state index in [1.54, 1.807) is 7.11 Å². The van der Waals surface area contributed by atoms with E-state index >= 15 is 0 Å². The van der Waals surface area contributed by atoms with Crippen LogP contribution in [0, 0.1) is 0 Å². The number of methoxy groups -OCH3 is 1. The van der Waals surface area contributed by atoms with E-state index in [4.69, 9.17) is 22.1 Å². The number of rotatable bonds is 5. The van der Waals surface area contributed by atoms with Gasteiger partial charge in [0.25, 0.3) is 0 Å². The van der Waals surface area contributed by atoms with Gasteiger partial charge in [-0.3, -0.25) is 0 Å². The molecule has 0 atom stereocenters. The number of nitrogens with zero attached hydrogens (tertiary/aromatic N) is 1. The molecule has 0 unspecified atom stereocenters. The number of halogens is 1. The summed E-state index contributed by atoms with van der Waals surface area (Å²) < 4.78 is 5.00. The largest absolute Gasteiger partial charge is 0.397 e. The first-order valence-corrected chi connectivity index (χ1v) is 5.28. The molecule has 0 aliphatic carbocycles. The molecule has 0 amide bonds. The predicted octanol–water partition coefficient (Wildman–Crippen LogP) is 2.39. The Morgan fingerprint density at radius 1 is 1.47 bits per heavy atom. The lowest BCUT2D eigenvalue weighted by Crippen LogP contribution is -2.21. The normalized spacial score (nSPS) is 10.3. The maximum Gasteiger partial charge on any atom is 0.0786 e. The Morgan fingerprint density at radius 3 is 2.80 bits per heavy atom. The third-order valence-electron chi connectivity index (χ3n) is 2.24. The number of nitrogens with two attached hydrogens (primary N) is 1. The zero-order valence-corrected chi connectivity index (χ0v) is 9.92. The lowest BCUT2D eigenvalue weighted by Gasteiger charge is -2.22. The van der Waals surface area contributed by atoms with Crippen molar-refractivity contribution in [1.82, 2.24) is 0 Å². The van der Waals surface area contributed by atoms with E-state index in [9.17, 15) is 0 Å². The Labute approximate surface area is 95.8 Å². The van der Waals surface area contributed by atoms with Crippen molar-refractivity contribution in [1.29, 1.82) is 0 Å². The van der Waals surface area contributed by atoms with Gasteiger partial charge in [0, 0.05) is 27.3 Å². The minimum absolute atomic E-state index is 0.690. The Balaban J connectivity index is 2.68. The summed E-state index contributed by atoms with van der Waals surface area (Å²) in [5, 5.41) is 0.690. The minimum Gasteiger partial charge on any atom is -0.397 e. The summed E-state index contributed by atoms with van der Waals surface area (Å²) in [6.45, 7) is 1.62. The first kappa shape index (κ1) is 12.1. The van der Waals surface area contributed by atoms with Crippen LogP contribution in [-0.4, -0.2) is 27.3 Å². The molecule has 0 fully saturated rings. The van der Waals surface area contributed by atoms with Gasteiger partial charge < -0.3 is 15.4 Å². The average molecular weight is 229 g/mol. The van der Waals surface area contributed by atoms with Crippen molar-refractivity contribution in [3.05, 3.63) is 23.2 Å². The van der Waals surface area contributed by atoms with Gasteiger partial charge in [-0.2, -0.15) is 0 Å². The molecule has 1 aromatic carbocycles. The maximum absolute atomic E-state index is 6.08. The zero-order chi connectivity index (χ0) is 11.3. The highest BCUT2D eigenvalue weighted by Gasteiger charge is 2.08. The second kappa shape index (κ2) is 5.83. The Bertz CT molecular complexity index is 297. The summed E-state index contributed by atoms with van der Waals surface area (Å²) in [5.74, 6) is 0. The fraction of sp³-hybridized carbons (Fsp3) is 0.455. The van der Waals surface area contributed by atoms with Gasteiger partial charge in [0.15, 0.2) is 0 Å². The second-order valence-corrected chi connectivity index (χ2v) is 3.85. The molecular weight excluding hydrogens is 212 g/mol. The van der Waals surface area contributed by atoms with Gasteiger partial charge >= 0.3 is 0 Å². The first-order valence-electron chi connectivity index (χ1n) is 4.91. The van der Waals surface area contributed by atoms with Crippen LogP contribution in [-0.2, 0) is 4.74 Å². The van der Waals surface area contributed by atoms with Crippen molar-refractivity contribution in [2.24, 2.45) is 0 Å². The number of ether oxygens (including phenoxy) is 1. The molecule has 0 heterocycles. The van der Waals surface area contributed by atoms with Crippen LogP contribution in [0.4, 0.5) is 11.4 Å². The third-order valence-corrected chi connectivity index (χ3v) is 2.55. The molecule has 4 heteroatoms. The molecule has 1 aromatic rings. The number of hydrogen-bond acceptors (Lipinski definition) is 3. The molecule has 3 nitrogen and oxygen atoms in total. The first-order chi connectivity index (χ1) is 7.16. The molecule has 15 heavy (non-hydrogen) atoms. The summed E-state index contributed by atoms with van der Waals surface area (Å²) in [4.78, 5) is 2.05. The summed E-state index contributed by atoms with van der Waals surface area (Å²) in [7, 11) is 3.68. The van der Waals surface area contributed by atoms with E-state index in [1.807, 2.05) is 25.2 Å². The standard InChI is InChI=1S/C11H17ClN2O/c1-14(7-4-8-15-2)11-9(12)5-3-6-10(11)13/h3,5-6H,4,7-8,13H2,1-2H3. The Morgan fingerprint density at radius 2 is 2.20 bits per heavy atom. The van der Waals surface area contributed by atoms with Crippen LogP contribution >= 0.6 is 11.6 Å².